The number of carbonyl (C=O) groups is 2. The number of nitrogens with zero attached hydrogens (tertiary/aromatic N) is 3. The lowest BCUT2D eigenvalue weighted by molar-refractivity contribution is -0.135. The summed E-state index contributed by atoms with van der Waals surface area (Å²) in [5, 5.41) is 0.656. The number of amides is 1. The van der Waals surface area contributed by atoms with Gasteiger partial charge in [0.1, 0.15) is 0 Å². The van der Waals surface area contributed by atoms with E-state index < -0.39 is 22.6 Å². The topological polar surface area (TPSA) is 125 Å². The van der Waals surface area contributed by atoms with Gasteiger partial charge in [0.05, 0.1) is 43.0 Å². The van der Waals surface area contributed by atoms with E-state index in [1.165, 1.54) is 4.31 Å². The van der Waals surface area contributed by atoms with Crippen molar-refractivity contribution < 1.29 is 37.0 Å². The number of para-hydroxylation sites is 1. The van der Waals surface area contributed by atoms with Gasteiger partial charge in [-0.15, -0.1) is 0 Å². The molecule has 4 aromatic rings. The van der Waals surface area contributed by atoms with Gasteiger partial charge in [0, 0.05) is 31.6 Å². The highest BCUT2D eigenvalue weighted by atomic mass is 32.2. The molecule has 3 aromatic carbocycles. The Kier molecular flexibility index (Phi) is 10.1. The summed E-state index contributed by atoms with van der Waals surface area (Å²) in [7, 11) is 0.988. The first kappa shape index (κ1) is 34.9. The number of carbonyl (C=O) groups excluding carboxylic acids is 2. The van der Waals surface area contributed by atoms with Crippen molar-refractivity contribution in [3.05, 3.63) is 88.1 Å². The summed E-state index contributed by atoms with van der Waals surface area (Å²) in [5.74, 6) is 0.573. The van der Waals surface area contributed by atoms with E-state index in [4.69, 9.17) is 23.9 Å². The van der Waals surface area contributed by atoms with Crippen LogP contribution in [0.25, 0.3) is 22.6 Å². The zero-order valence-corrected chi connectivity index (χ0v) is 29.8. The summed E-state index contributed by atoms with van der Waals surface area (Å²) in [6.07, 6.45) is 4.17. The number of fused-ring (bicyclic) bond motifs is 2. The summed E-state index contributed by atoms with van der Waals surface area (Å²) >= 11 is 0. The fourth-order valence-corrected chi connectivity index (χ4v) is 8.42. The first-order valence-corrected chi connectivity index (χ1v) is 17.9. The third-order valence-electron chi connectivity index (χ3n) is 9.27. The third-order valence-corrected chi connectivity index (χ3v) is 11.3. The Balaban J connectivity index is 1.21. The highest BCUT2D eigenvalue weighted by molar-refractivity contribution is 7.89. The van der Waals surface area contributed by atoms with Crippen LogP contribution in [0.2, 0.25) is 0 Å². The van der Waals surface area contributed by atoms with Crippen LogP contribution in [0.5, 0.6) is 17.2 Å². The van der Waals surface area contributed by atoms with Gasteiger partial charge in [-0.2, -0.15) is 4.31 Å². The number of hydrogen-bond donors (Lipinski definition) is 0. The number of methoxy groups -OCH3 is 3. The van der Waals surface area contributed by atoms with Gasteiger partial charge < -0.3 is 23.8 Å². The van der Waals surface area contributed by atoms with E-state index in [-0.39, 0.29) is 37.0 Å². The molecule has 0 spiro atoms. The molecule has 0 unspecified atom stereocenters. The molecule has 50 heavy (non-hydrogen) atoms. The van der Waals surface area contributed by atoms with Crippen LogP contribution in [0.4, 0.5) is 0 Å². The third kappa shape index (κ3) is 6.77. The number of hydrogen-bond acceptors (Lipinski definition) is 9. The fraction of sp³-hybridized carbons (Fsp3) is 0.342. The zero-order chi connectivity index (χ0) is 35.6. The summed E-state index contributed by atoms with van der Waals surface area (Å²) in [6, 6.07) is 16.4. The molecule has 0 N–H and O–H groups in total. The molecule has 1 aliphatic heterocycles. The number of aryl methyl sites for hydroxylation is 2. The molecule has 11 nitrogen and oxygen atoms in total. The minimum Gasteiger partial charge on any atom is -0.493 e. The van der Waals surface area contributed by atoms with Crippen molar-refractivity contribution in [1.29, 1.82) is 0 Å². The van der Waals surface area contributed by atoms with E-state index in [0.29, 0.717) is 51.4 Å². The Hall–Kier alpha value is -4.94. The fourth-order valence-electron chi connectivity index (χ4n) is 6.79. The Morgan fingerprint density at radius 3 is 2.24 bits per heavy atom. The Morgan fingerprint density at radius 2 is 1.58 bits per heavy atom. The molecule has 0 bridgehead atoms. The van der Waals surface area contributed by atoms with Crippen LogP contribution in [-0.2, 0) is 26.0 Å². The lowest BCUT2D eigenvalue weighted by Crippen LogP contribution is -2.51. The summed E-state index contributed by atoms with van der Waals surface area (Å²) in [5.41, 5.74) is 5.98. The second-order valence-corrected chi connectivity index (χ2v) is 14.3. The van der Waals surface area contributed by atoms with Crippen molar-refractivity contribution in [3.8, 4) is 17.2 Å². The van der Waals surface area contributed by atoms with Gasteiger partial charge >= 0.3 is 5.97 Å². The van der Waals surface area contributed by atoms with Crippen molar-refractivity contribution in [2.24, 2.45) is 0 Å². The van der Waals surface area contributed by atoms with Crippen LogP contribution in [0.3, 0.4) is 0 Å². The van der Waals surface area contributed by atoms with Crippen LogP contribution < -0.4 is 14.2 Å². The van der Waals surface area contributed by atoms with E-state index in [9.17, 15) is 18.0 Å². The molecule has 6 rings (SSSR count). The minimum absolute atomic E-state index is 0.152. The first-order chi connectivity index (χ1) is 24.0. The van der Waals surface area contributed by atoms with Crippen LogP contribution in [0, 0.1) is 13.8 Å². The van der Waals surface area contributed by atoms with Crippen molar-refractivity contribution >= 4 is 44.5 Å². The monoisotopic (exact) mass is 699 g/mol. The van der Waals surface area contributed by atoms with Crippen molar-refractivity contribution in [1.82, 2.24) is 14.2 Å². The van der Waals surface area contributed by atoms with Gasteiger partial charge in [-0.3, -0.25) is 4.79 Å². The predicted octanol–water partition coefficient (Wildman–Crippen LogP) is 5.44. The molecule has 1 aliphatic carbocycles. The van der Waals surface area contributed by atoms with Crippen LogP contribution in [0.1, 0.15) is 51.1 Å². The van der Waals surface area contributed by atoms with Gasteiger partial charge in [0.15, 0.2) is 18.1 Å². The number of ether oxygens (including phenoxy) is 4. The van der Waals surface area contributed by atoms with Gasteiger partial charge in [-0.1, -0.05) is 35.9 Å². The number of esters is 1. The Bertz CT molecular complexity index is 2080. The van der Waals surface area contributed by atoms with E-state index in [1.54, 1.807) is 45.3 Å². The first-order valence-electron chi connectivity index (χ1n) is 16.5. The molecule has 1 fully saturated rings. The standard InChI is InChI=1S/C38H41N3O8S/c1-24-13-14-33(25(2)19-24)50(44,45)41-17-15-40(16-18-41)34(42)23-49-38(43)35-28-10-6-7-12-30(28)39-36-27(9-8-11-29(35)36)20-26-21-31(46-3)37(48-5)32(22-26)47-4/h6-7,10,12-14,19-22H,8-9,11,15-18,23H2,1-5H3/b27-20+. The number of allylic oxidation sites excluding steroid dienone is 1. The van der Waals surface area contributed by atoms with E-state index in [1.807, 2.05) is 55.5 Å². The second-order valence-electron chi connectivity index (χ2n) is 12.4. The molecule has 1 saturated heterocycles. The second kappa shape index (κ2) is 14.5. The van der Waals surface area contributed by atoms with Gasteiger partial charge in [0.25, 0.3) is 5.91 Å². The molecule has 0 radical (unpaired) electrons. The molecule has 0 saturated carbocycles. The Labute approximate surface area is 292 Å². The van der Waals surface area contributed by atoms with Gasteiger partial charge in [-0.05, 0) is 85.7 Å². The lowest BCUT2D eigenvalue weighted by atomic mass is 9.86. The molecule has 12 heteroatoms. The van der Waals surface area contributed by atoms with Crippen molar-refractivity contribution in [3.63, 3.8) is 0 Å². The molecular formula is C38H41N3O8S. The maximum Gasteiger partial charge on any atom is 0.339 e. The summed E-state index contributed by atoms with van der Waals surface area (Å²) in [4.78, 5) is 33.9. The van der Waals surface area contributed by atoms with Crippen molar-refractivity contribution in [2.45, 2.75) is 38.0 Å². The zero-order valence-electron chi connectivity index (χ0n) is 28.9. The summed E-state index contributed by atoms with van der Waals surface area (Å²) in [6.45, 7) is 3.94. The minimum atomic E-state index is -3.70. The molecule has 262 valence electrons. The highest BCUT2D eigenvalue weighted by Gasteiger charge is 2.32. The largest absolute Gasteiger partial charge is 0.493 e. The van der Waals surface area contributed by atoms with E-state index in [2.05, 4.69) is 0 Å². The molecule has 1 aromatic heterocycles. The molecule has 0 atom stereocenters. The quantitative estimate of drug-likeness (QED) is 0.210. The number of rotatable bonds is 9. The summed E-state index contributed by atoms with van der Waals surface area (Å²) < 4.78 is 50.3. The van der Waals surface area contributed by atoms with Crippen LogP contribution in [-0.4, -0.2) is 88.6 Å². The average molecular weight is 700 g/mol. The Morgan fingerprint density at radius 1 is 0.880 bits per heavy atom. The number of sulfonamides is 1. The van der Waals surface area contributed by atoms with Gasteiger partial charge in [-0.25, -0.2) is 18.2 Å². The SMILES string of the molecule is COc1cc(/C=C2\CCCc3c2nc2ccccc2c3C(=O)OCC(=O)N2CCN(S(=O)(=O)c3ccc(C)cc3C)CC2)cc(OC)c1OC. The smallest absolute Gasteiger partial charge is 0.339 e. The molecule has 2 aliphatic rings. The van der Waals surface area contributed by atoms with E-state index in [0.717, 1.165) is 35.1 Å². The predicted molar refractivity (Wildman–Crippen MR) is 190 cm³/mol. The number of aromatic nitrogens is 1. The average Bonchev–Trinajstić information content (AvgIpc) is 3.12. The molecule has 1 amide bonds. The van der Waals surface area contributed by atoms with Crippen LogP contribution >= 0.6 is 0 Å². The number of piperazine rings is 1. The number of pyridine rings is 1. The maximum absolute atomic E-state index is 13.8. The molecular weight excluding hydrogens is 658 g/mol. The van der Waals surface area contributed by atoms with E-state index >= 15 is 0 Å². The maximum atomic E-state index is 13.8. The van der Waals surface area contributed by atoms with Crippen LogP contribution in [0.15, 0.2) is 59.5 Å². The van der Waals surface area contributed by atoms with Gasteiger partial charge in [0.2, 0.25) is 15.8 Å². The lowest BCUT2D eigenvalue weighted by Gasteiger charge is -2.34. The normalized spacial score (nSPS) is 15.9. The van der Waals surface area contributed by atoms with Crippen molar-refractivity contribution in [2.75, 3.05) is 54.1 Å². The molecule has 2 heterocycles. The highest BCUT2D eigenvalue weighted by Crippen LogP contribution is 2.41. The number of benzene rings is 3.